The van der Waals surface area contributed by atoms with Crippen LogP contribution >= 0.6 is 0 Å². The number of methoxy groups -OCH3 is 1. The molecular formula is C17H29NO3. The molecule has 21 heavy (non-hydrogen) atoms. The Morgan fingerprint density at radius 1 is 1.14 bits per heavy atom. The maximum Gasteiger partial charge on any atom is 0.165 e. The quantitative estimate of drug-likeness (QED) is 0.635. The summed E-state index contributed by atoms with van der Waals surface area (Å²) in [6, 6.07) is 6.40. The molecule has 1 aromatic carbocycles. The third-order valence-corrected chi connectivity index (χ3v) is 3.10. The maximum atomic E-state index is 5.88. The molecule has 0 saturated carbocycles. The third-order valence-electron chi connectivity index (χ3n) is 3.10. The number of para-hydroxylation sites is 1. The van der Waals surface area contributed by atoms with E-state index in [4.69, 9.17) is 14.2 Å². The van der Waals surface area contributed by atoms with E-state index < -0.39 is 0 Å². The van der Waals surface area contributed by atoms with E-state index in [0.717, 1.165) is 43.1 Å². The Kier molecular flexibility index (Phi) is 8.87. The topological polar surface area (TPSA) is 39.7 Å². The molecule has 4 heteroatoms. The molecule has 0 aliphatic carbocycles. The van der Waals surface area contributed by atoms with Gasteiger partial charge in [-0.15, -0.1) is 0 Å². The van der Waals surface area contributed by atoms with Gasteiger partial charge in [-0.25, -0.2) is 0 Å². The van der Waals surface area contributed by atoms with Crippen LogP contribution in [0.2, 0.25) is 0 Å². The van der Waals surface area contributed by atoms with Crippen molar-refractivity contribution in [3.63, 3.8) is 0 Å². The van der Waals surface area contributed by atoms with Crippen LogP contribution in [0.15, 0.2) is 18.2 Å². The van der Waals surface area contributed by atoms with Crippen molar-refractivity contribution in [3.8, 4) is 11.5 Å². The smallest absolute Gasteiger partial charge is 0.165 e. The lowest BCUT2D eigenvalue weighted by Gasteiger charge is -2.16. The van der Waals surface area contributed by atoms with Crippen LogP contribution in [0.1, 0.15) is 39.2 Å². The van der Waals surface area contributed by atoms with Gasteiger partial charge in [-0.1, -0.05) is 39.3 Å². The van der Waals surface area contributed by atoms with E-state index in [2.05, 4.69) is 32.2 Å². The molecule has 0 heterocycles. The first kappa shape index (κ1) is 17.8. The highest BCUT2D eigenvalue weighted by Gasteiger charge is 2.10. The lowest BCUT2D eigenvalue weighted by Crippen LogP contribution is -2.22. The molecule has 0 unspecified atom stereocenters. The van der Waals surface area contributed by atoms with Crippen LogP contribution in [-0.4, -0.2) is 33.0 Å². The summed E-state index contributed by atoms with van der Waals surface area (Å²) in [6.45, 7) is 9.12. The molecular weight excluding hydrogens is 266 g/mol. The minimum absolute atomic E-state index is 0.432. The van der Waals surface area contributed by atoms with Crippen molar-refractivity contribution in [2.24, 2.45) is 0 Å². The van der Waals surface area contributed by atoms with E-state index in [9.17, 15) is 0 Å². The average Bonchev–Trinajstić information content (AvgIpc) is 2.49. The molecule has 0 bridgehead atoms. The monoisotopic (exact) mass is 295 g/mol. The van der Waals surface area contributed by atoms with Gasteiger partial charge in [0, 0.05) is 24.8 Å². The molecule has 1 aromatic rings. The zero-order valence-electron chi connectivity index (χ0n) is 13.8. The predicted octanol–water partition coefficient (Wildman–Crippen LogP) is 3.39. The van der Waals surface area contributed by atoms with E-state index in [1.807, 2.05) is 12.1 Å². The minimum Gasteiger partial charge on any atom is -0.493 e. The van der Waals surface area contributed by atoms with Gasteiger partial charge in [0.25, 0.3) is 0 Å². The summed E-state index contributed by atoms with van der Waals surface area (Å²) in [5, 5.41) is 3.40. The molecule has 0 aromatic heterocycles. The van der Waals surface area contributed by atoms with Gasteiger partial charge in [-0.05, 0) is 12.5 Å². The van der Waals surface area contributed by atoms with Gasteiger partial charge >= 0.3 is 0 Å². The van der Waals surface area contributed by atoms with Crippen molar-refractivity contribution >= 4 is 0 Å². The molecule has 4 nitrogen and oxygen atoms in total. The van der Waals surface area contributed by atoms with Crippen LogP contribution in [-0.2, 0) is 11.3 Å². The second kappa shape index (κ2) is 10.5. The Hall–Kier alpha value is -1.26. The Balaban J connectivity index is 2.55. The van der Waals surface area contributed by atoms with E-state index in [-0.39, 0.29) is 0 Å². The summed E-state index contributed by atoms with van der Waals surface area (Å²) >= 11 is 0. The Morgan fingerprint density at radius 3 is 2.62 bits per heavy atom. The van der Waals surface area contributed by atoms with Crippen molar-refractivity contribution in [2.45, 2.75) is 46.2 Å². The van der Waals surface area contributed by atoms with Crippen molar-refractivity contribution in [3.05, 3.63) is 23.8 Å². The maximum absolute atomic E-state index is 5.88. The van der Waals surface area contributed by atoms with Gasteiger partial charge in [-0.2, -0.15) is 0 Å². The number of unbranched alkanes of at least 4 members (excludes halogenated alkanes) is 1. The van der Waals surface area contributed by atoms with Gasteiger partial charge in [0.15, 0.2) is 11.5 Å². The van der Waals surface area contributed by atoms with E-state index in [1.54, 1.807) is 7.11 Å². The second-order valence-electron chi connectivity index (χ2n) is 5.30. The van der Waals surface area contributed by atoms with Crippen molar-refractivity contribution in [1.29, 1.82) is 0 Å². The number of hydrogen-bond acceptors (Lipinski definition) is 4. The molecule has 120 valence electrons. The van der Waals surface area contributed by atoms with Gasteiger partial charge < -0.3 is 19.5 Å². The lowest BCUT2D eigenvalue weighted by molar-refractivity contribution is 0.0966. The molecule has 0 atom stereocenters. The number of ether oxygens (including phenoxy) is 3. The summed E-state index contributed by atoms with van der Waals surface area (Å²) in [4.78, 5) is 0. The fraction of sp³-hybridized carbons (Fsp3) is 0.647. The fourth-order valence-electron chi connectivity index (χ4n) is 1.89. The van der Waals surface area contributed by atoms with Crippen LogP contribution in [0.5, 0.6) is 11.5 Å². The number of benzene rings is 1. The Morgan fingerprint density at radius 2 is 1.95 bits per heavy atom. The fourth-order valence-corrected chi connectivity index (χ4v) is 1.89. The molecule has 0 amide bonds. The summed E-state index contributed by atoms with van der Waals surface area (Å²) in [5.74, 6) is 1.58. The van der Waals surface area contributed by atoms with Crippen LogP contribution in [0.4, 0.5) is 0 Å². The predicted molar refractivity (Wildman–Crippen MR) is 86.2 cm³/mol. The zero-order chi connectivity index (χ0) is 15.5. The van der Waals surface area contributed by atoms with E-state index >= 15 is 0 Å². The van der Waals surface area contributed by atoms with Crippen LogP contribution in [0.25, 0.3) is 0 Å². The van der Waals surface area contributed by atoms with Crippen LogP contribution in [0, 0.1) is 0 Å². The van der Waals surface area contributed by atoms with Gasteiger partial charge in [0.2, 0.25) is 0 Å². The standard InChI is InChI=1S/C17H29NO3/c1-5-6-10-20-11-12-21-17-15(13-18-14(2)3)8-7-9-16(17)19-4/h7-9,14,18H,5-6,10-13H2,1-4H3. The number of rotatable bonds is 11. The summed E-state index contributed by atoms with van der Waals surface area (Å²) in [6.07, 6.45) is 2.25. The molecule has 0 aliphatic rings. The van der Waals surface area contributed by atoms with E-state index in [1.165, 1.54) is 0 Å². The Labute approximate surface area is 128 Å². The van der Waals surface area contributed by atoms with Crippen LogP contribution < -0.4 is 14.8 Å². The highest BCUT2D eigenvalue weighted by Crippen LogP contribution is 2.31. The highest BCUT2D eigenvalue weighted by atomic mass is 16.5. The third kappa shape index (κ3) is 6.82. The van der Waals surface area contributed by atoms with Crippen molar-refractivity contribution in [1.82, 2.24) is 5.32 Å². The number of hydrogen-bond donors (Lipinski definition) is 1. The van der Waals surface area contributed by atoms with Gasteiger partial charge in [0.1, 0.15) is 6.61 Å². The molecule has 0 spiro atoms. The summed E-state index contributed by atoms with van der Waals surface area (Å²) in [5.41, 5.74) is 1.11. The average molecular weight is 295 g/mol. The highest BCUT2D eigenvalue weighted by molar-refractivity contribution is 5.46. The molecule has 0 radical (unpaired) electrons. The second-order valence-corrected chi connectivity index (χ2v) is 5.30. The first-order valence-corrected chi connectivity index (χ1v) is 7.78. The zero-order valence-corrected chi connectivity index (χ0v) is 13.8. The first-order valence-electron chi connectivity index (χ1n) is 7.78. The van der Waals surface area contributed by atoms with Crippen molar-refractivity contribution in [2.75, 3.05) is 26.9 Å². The largest absolute Gasteiger partial charge is 0.493 e. The molecule has 0 fully saturated rings. The summed E-state index contributed by atoms with van der Waals surface area (Å²) < 4.78 is 16.8. The molecule has 0 saturated heterocycles. The SMILES string of the molecule is CCCCOCCOc1c(CNC(C)C)cccc1OC. The normalized spacial score (nSPS) is 10.9. The van der Waals surface area contributed by atoms with Gasteiger partial charge in [-0.3, -0.25) is 0 Å². The van der Waals surface area contributed by atoms with Crippen LogP contribution in [0.3, 0.4) is 0 Å². The Bertz CT molecular complexity index is 394. The molecule has 1 N–H and O–H groups in total. The number of nitrogens with one attached hydrogen (secondary N) is 1. The lowest BCUT2D eigenvalue weighted by atomic mass is 10.1. The van der Waals surface area contributed by atoms with Crippen molar-refractivity contribution < 1.29 is 14.2 Å². The van der Waals surface area contributed by atoms with E-state index in [0.29, 0.717) is 19.3 Å². The first-order chi connectivity index (χ1) is 10.2. The molecule has 1 rings (SSSR count). The minimum atomic E-state index is 0.432. The van der Waals surface area contributed by atoms with Gasteiger partial charge in [0.05, 0.1) is 13.7 Å². The molecule has 0 aliphatic heterocycles. The summed E-state index contributed by atoms with van der Waals surface area (Å²) in [7, 11) is 1.67.